The van der Waals surface area contributed by atoms with Crippen LogP contribution < -0.4 is 0 Å². The van der Waals surface area contributed by atoms with E-state index in [2.05, 4.69) is 19.1 Å². The molecule has 3 atom stereocenters. The largest absolute Gasteiger partial charge is 0.481 e. The minimum absolute atomic E-state index is 0.0177. The number of aliphatic hydroxyl groups excluding tert-OH is 1. The summed E-state index contributed by atoms with van der Waals surface area (Å²) < 4.78 is 5.50. The Bertz CT molecular complexity index is 327. The maximum absolute atomic E-state index is 10.4. The molecule has 0 bridgehead atoms. The third kappa shape index (κ3) is 9.21. The highest BCUT2D eigenvalue weighted by Gasteiger charge is 2.41. The maximum Gasteiger partial charge on any atom is 0.303 e. The topological polar surface area (TPSA) is 70.1 Å². The molecule has 0 spiro atoms. The Hall–Kier alpha value is -0.870. The number of rotatable bonds is 14. The first kappa shape index (κ1) is 19.2. The van der Waals surface area contributed by atoms with E-state index in [-0.39, 0.29) is 18.3 Å². The van der Waals surface area contributed by atoms with Gasteiger partial charge < -0.3 is 14.9 Å². The summed E-state index contributed by atoms with van der Waals surface area (Å²) in [6, 6.07) is 0. The van der Waals surface area contributed by atoms with Crippen LogP contribution in [-0.2, 0) is 9.53 Å². The van der Waals surface area contributed by atoms with Crippen molar-refractivity contribution in [2.24, 2.45) is 0 Å². The minimum Gasteiger partial charge on any atom is -0.481 e. The second-order valence-electron chi connectivity index (χ2n) is 6.26. The summed E-state index contributed by atoms with van der Waals surface area (Å²) in [5.74, 6) is -0.696. The quantitative estimate of drug-likeness (QED) is 0.288. The van der Waals surface area contributed by atoms with Crippen LogP contribution in [-0.4, -0.2) is 34.5 Å². The van der Waals surface area contributed by atoms with Crippen LogP contribution in [0.1, 0.15) is 77.6 Å². The Balaban J connectivity index is 1.91. The predicted octanol–water partition coefficient (Wildman–Crippen LogP) is 4.07. The molecule has 1 aliphatic heterocycles. The molecule has 4 heteroatoms. The number of unbranched alkanes of at least 4 members (excludes halogenated alkanes) is 7. The molecule has 4 nitrogen and oxygen atoms in total. The van der Waals surface area contributed by atoms with Gasteiger partial charge in [0.2, 0.25) is 0 Å². The normalized spacial score (nSPS) is 22.1. The number of epoxide rings is 1. The zero-order valence-electron chi connectivity index (χ0n) is 13.9. The number of carboxylic acids is 1. The van der Waals surface area contributed by atoms with Gasteiger partial charge >= 0.3 is 5.97 Å². The molecule has 0 radical (unpaired) electrons. The van der Waals surface area contributed by atoms with Gasteiger partial charge in [-0.1, -0.05) is 57.6 Å². The number of carboxylic acid groups (broad SMARTS) is 1. The van der Waals surface area contributed by atoms with E-state index in [1.165, 1.54) is 12.8 Å². The van der Waals surface area contributed by atoms with Gasteiger partial charge in [0.25, 0.3) is 0 Å². The Morgan fingerprint density at radius 3 is 2.59 bits per heavy atom. The van der Waals surface area contributed by atoms with Crippen molar-refractivity contribution in [2.75, 3.05) is 0 Å². The second-order valence-corrected chi connectivity index (χ2v) is 6.26. The van der Waals surface area contributed by atoms with Crippen molar-refractivity contribution < 1.29 is 19.7 Å². The smallest absolute Gasteiger partial charge is 0.303 e. The van der Waals surface area contributed by atoms with E-state index >= 15 is 0 Å². The van der Waals surface area contributed by atoms with Crippen LogP contribution in [0.4, 0.5) is 0 Å². The van der Waals surface area contributed by atoms with Gasteiger partial charge in [-0.2, -0.15) is 0 Å². The van der Waals surface area contributed by atoms with E-state index in [4.69, 9.17) is 9.84 Å². The number of aliphatic hydroxyl groups is 1. The minimum atomic E-state index is -0.696. The summed E-state index contributed by atoms with van der Waals surface area (Å²) in [5.41, 5.74) is 0. The number of ether oxygens (including phenoxy) is 1. The van der Waals surface area contributed by atoms with E-state index in [0.717, 1.165) is 51.4 Å². The second kappa shape index (κ2) is 11.7. The molecule has 2 N–H and O–H groups in total. The lowest BCUT2D eigenvalue weighted by Crippen LogP contribution is -2.16. The van der Waals surface area contributed by atoms with Gasteiger partial charge in [-0.3, -0.25) is 4.79 Å². The van der Waals surface area contributed by atoms with Gasteiger partial charge in [0, 0.05) is 6.42 Å². The van der Waals surface area contributed by atoms with Gasteiger partial charge in [-0.15, -0.1) is 0 Å². The standard InChI is InChI=1S/C18H32O4/c1-2-3-9-12-15(19)18-16(22-18)13-10-7-5-4-6-8-11-14-17(20)21/h10,13,15-16,18-19H,2-9,11-12,14H2,1H3,(H,20,21)/b13-10-/t15-,16+,18+/m0/s1. The molecule has 0 aromatic rings. The van der Waals surface area contributed by atoms with E-state index < -0.39 is 5.97 Å². The molecule has 0 aliphatic carbocycles. The Morgan fingerprint density at radius 1 is 1.14 bits per heavy atom. The maximum atomic E-state index is 10.4. The lowest BCUT2D eigenvalue weighted by Gasteiger charge is -2.05. The zero-order valence-corrected chi connectivity index (χ0v) is 13.9. The number of allylic oxidation sites excluding steroid dienone is 1. The van der Waals surface area contributed by atoms with Crippen LogP contribution in [0.15, 0.2) is 12.2 Å². The van der Waals surface area contributed by atoms with E-state index in [9.17, 15) is 9.90 Å². The predicted molar refractivity (Wildman–Crippen MR) is 87.9 cm³/mol. The van der Waals surface area contributed by atoms with Crippen molar-refractivity contribution in [1.82, 2.24) is 0 Å². The lowest BCUT2D eigenvalue weighted by atomic mass is 10.1. The molecule has 1 saturated heterocycles. The third-order valence-electron chi connectivity index (χ3n) is 4.13. The zero-order chi connectivity index (χ0) is 16.2. The van der Waals surface area contributed by atoms with Gasteiger partial charge in [0.15, 0.2) is 0 Å². The molecule has 0 aromatic carbocycles. The fourth-order valence-corrected chi connectivity index (χ4v) is 2.67. The molecule has 1 rings (SSSR count). The highest BCUT2D eigenvalue weighted by atomic mass is 16.6. The van der Waals surface area contributed by atoms with Gasteiger partial charge in [0.1, 0.15) is 12.2 Å². The van der Waals surface area contributed by atoms with Crippen LogP contribution >= 0.6 is 0 Å². The van der Waals surface area contributed by atoms with Crippen molar-refractivity contribution in [1.29, 1.82) is 0 Å². The summed E-state index contributed by atoms with van der Waals surface area (Å²) in [6.07, 6.45) is 14.9. The summed E-state index contributed by atoms with van der Waals surface area (Å²) in [4.78, 5) is 10.4. The van der Waals surface area contributed by atoms with Gasteiger partial charge in [-0.05, 0) is 25.7 Å². The Labute approximate surface area is 134 Å². The first-order valence-electron chi connectivity index (χ1n) is 8.87. The van der Waals surface area contributed by atoms with Crippen molar-refractivity contribution >= 4 is 5.97 Å². The highest BCUT2D eigenvalue weighted by Crippen LogP contribution is 2.29. The molecule has 22 heavy (non-hydrogen) atoms. The van der Waals surface area contributed by atoms with Crippen molar-refractivity contribution in [3.63, 3.8) is 0 Å². The fraction of sp³-hybridized carbons (Fsp3) is 0.833. The van der Waals surface area contributed by atoms with Crippen LogP contribution in [0.2, 0.25) is 0 Å². The van der Waals surface area contributed by atoms with Crippen LogP contribution in [0.5, 0.6) is 0 Å². The van der Waals surface area contributed by atoms with Crippen LogP contribution in [0, 0.1) is 0 Å². The summed E-state index contributed by atoms with van der Waals surface area (Å²) in [7, 11) is 0. The summed E-state index contributed by atoms with van der Waals surface area (Å²) >= 11 is 0. The first-order chi connectivity index (χ1) is 10.6. The monoisotopic (exact) mass is 312 g/mol. The Morgan fingerprint density at radius 2 is 1.86 bits per heavy atom. The van der Waals surface area contributed by atoms with E-state index in [0.29, 0.717) is 6.42 Å². The number of hydrogen-bond acceptors (Lipinski definition) is 3. The summed E-state index contributed by atoms with van der Waals surface area (Å²) in [6.45, 7) is 2.16. The fourth-order valence-electron chi connectivity index (χ4n) is 2.67. The molecule has 0 unspecified atom stereocenters. The highest BCUT2D eigenvalue weighted by molar-refractivity contribution is 5.66. The molecule has 0 saturated carbocycles. The van der Waals surface area contributed by atoms with Crippen molar-refractivity contribution in [3.8, 4) is 0 Å². The SMILES string of the molecule is CCCCC[C@H](O)[C@H]1O[C@@H]1/C=C\CCCCCCCC(=O)O. The average molecular weight is 312 g/mol. The van der Waals surface area contributed by atoms with Crippen LogP contribution in [0.25, 0.3) is 0 Å². The number of hydrogen-bond donors (Lipinski definition) is 2. The van der Waals surface area contributed by atoms with Crippen LogP contribution in [0.3, 0.4) is 0 Å². The average Bonchev–Trinajstić information content (AvgIpc) is 3.25. The van der Waals surface area contributed by atoms with Gasteiger partial charge in [-0.25, -0.2) is 0 Å². The molecule has 0 amide bonds. The molecular weight excluding hydrogens is 280 g/mol. The van der Waals surface area contributed by atoms with Gasteiger partial charge in [0.05, 0.1) is 6.10 Å². The lowest BCUT2D eigenvalue weighted by molar-refractivity contribution is -0.137. The Kier molecular flexibility index (Phi) is 10.2. The van der Waals surface area contributed by atoms with E-state index in [1.807, 2.05) is 0 Å². The molecular formula is C18H32O4. The third-order valence-corrected chi connectivity index (χ3v) is 4.13. The molecule has 1 fully saturated rings. The van der Waals surface area contributed by atoms with Crippen molar-refractivity contribution in [2.45, 2.75) is 95.9 Å². The van der Waals surface area contributed by atoms with E-state index in [1.54, 1.807) is 0 Å². The first-order valence-corrected chi connectivity index (χ1v) is 8.87. The molecule has 1 aliphatic rings. The molecule has 1 heterocycles. The molecule has 128 valence electrons. The number of carbonyl (C=O) groups is 1. The summed E-state index contributed by atoms with van der Waals surface area (Å²) in [5, 5.41) is 18.5. The van der Waals surface area contributed by atoms with Crippen molar-refractivity contribution in [3.05, 3.63) is 12.2 Å². The molecule has 0 aromatic heterocycles. The number of aliphatic carboxylic acids is 1.